The molecule has 1 aromatic rings. The van der Waals surface area contributed by atoms with Crippen LogP contribution in [0.5, 0.6) is 0 Å². The third-order valence-electron chi connectivity index (χ3n) is 4.67. The average Bonchev–Trinajstić information content (AvgIpc) is 3.31. The summed E-state index contributed by atoms with van der Waals surface area (Å²) in [4.78, 5) is 2.68. The summed E-state index contributed by atoms with van der Waals surface area (Å²) in [6.45, 7) is 10.2. The zero-order valence-corrected chi connectivity index (χ0v) is 13.9. The second-order valence-electron chi connectivity index (χ2n) is 7.46. The molecule has 21 heavy (non-hydrogen) atoms. The van der Waals surface area contributed by atoms with Gasteiger partial charge < -0.3 is 10.2 Å². The molecule has 1 N–H and O–H groups in total. The van der Waals surface area contributed by atoms with Gasteiger partial charge in [0.15, 0.2) is 0 Å². The van der Waals surface area contributed by atoms with Gasteiger partial charge in [-0.25, -0.2) is 0 Å². The topological polar surface area (TPSA) is 15.3 Å². The Kier molecular flexibility index (Phi) is 4.54. The van der Waals surface area contributed by atoms with E-state index in [4.69, 9.17) is 0 Å². The summed E-state index contributed by atoms with van der Waals surface area (Å²) in [6, 6.07) is 7.92. The first-order chi connectivity index (χ1) is 10.1. The summed E-state index contributed by atoms with van der Waals surface area (Å²) < 4.78 is 0. The molecule has 2 heteroatoms. The first-order valence-electron chi connectivity index (χ1n) is 8.70. The van der Waals surface area contributed by atoms with E-state index >= 15 is 0 Å². The number of hydrogen-bond acceptors (Lipinski definition) is 2. The van der Waals surface area contributed by atoms with Gasteiger partial charge in [0.2, 0.25) is 0 Å². The first-order valence-corrected chi connectivity index (χ1v) is 8.70. The summed E-state index contributed by atoms with van der Waals surface area (Å²) in [5.41, 5.74) is 4.33. The standard InChI is InChI=1S/C19H30N2/c1-14(2)11-20-12-17-6-7-19(10-15(17)3)21(18-8-9-18)13-16-4-5-16/h6-7,10,14,16,18,20H,4-5,8-9,11-13H2,1-3H3. The lowest BCUT2D eigenvalue weighted by atomic mass is 10.1. The van der Waals surface area contributed by atoms with Crippen molar-refractivity contribution in [1.82, 2.24) is 5.32 Å². The molecular weight excluding hydrogens is 256 g/mol. The van der Waals surface area contributed by atoms with Gasteiger partial charge in [0.05, 0.1) is 0 Å². The van der Waals surface area contributed by atoms with Gasteiger partial charge in [0, 0.05) is 24.8 Å². The van der Waals surface area contributed by atoms with Crippen LogP contribution in [0, 0.1) is 18.8 Å². The van der Waals surface area contributed by atoms with E-state index in [1.807, 2.05) is 0 Å². The van der Waals surface area contributed by atoms with Crippen molar-refractivity contribution in [3.05, 3.63) is 29.3 Å². The Hall–Kier alpha value is -1.02. The predicted molar refractivity (Wildman–Crippen MR) is 90.8 cm³/mol. The summed E-state index contributed by atoms with van der Waals surface area (Å²) in [7, 11) is 0. The molecule has 0 unspecified atom stereocenters. The molecule has 0 aromatic heterocycles. The van der Waals surface area contributed by atoms with E-state index in [2.05, 4.69) is 49.2 Å². The van der Waals surface area contributed by atoms with E-state index in [-0.39, 0.29) is 0 Å². The van der Waals surface area contributed by atoms with Crippen LogP contribution in [0.2, 0.25) is 0 Å². The van der Waals surface area contributed by atoms with Crippen LogP contribution in [-0.2, 0) is 6.54 Å². The van der Waals surface area contributed by atoms with Gasteiger partial charge in [-0.05, 0) is 74.2 Å². The van der Waals surface area contributed by atoms with Gasteiger partial charge in [-0.2, -0.15) is 0 Å². The van der Waals surface area contributed by atoms with E-state index in [0.29, 0.717) is 5.92 Å². The number of nitrogens with zero attached hydrogens (tertiary/aromatic N) is 1. The van der Waals surface area contributed by atoms with Crippen LogP contribution >= 0.6 is 0 Å². The second kappa shape index (κ2) is 6.39. The van der Waals surface area contributed by atoms with Gasteiger partial charge in [-0.1, -0.05) is 19.9 Å². The molecule has 2 fully saturated rings. The van der Waals surface area contributed by atoms with Crippen molar-refractivity contribution >= 4 is 5.69 Å². The van der Waals surface area contributed by atoms with Crippen molar-refractivity contribution in [3.63, 3.8) is 0 Å². The Balaban J connectivity index is 1.64. The normalized spacial score (nSPS) is 18.3. The van der Waals surface area contributed by atoms with Gasteiger partial charge in [-0.15, -0.1) is 0 Å². The highest BCUT2D eigenvalue weighted by molar-refractivity contribution is 5.52. The number of hydrogen-bond donors (Lipinski definition) is 1. The highest BCUT2D eigenvalue weighted by Crippen LogP contribution is 2.38. The first kappa shape index (κ1) is 14.9. The Labute approximate surface area is 129 Å². The third kappa shape index (κ3) is 4.23. The quantitative estimate of drug-likeness (QED) is 0.773. The van der Waals surface area contributed by atoms with Gasteiger partial charge in [-0.3, -0.25) is 0 Å². The van der Waals surface area contributed by atoms with Crippen molar-refractivity contribution in [1.29, 1.82) is 0 Å². The molecule has 1 aromatic carbocycles. The number of aryl methyl sites for hydroxylation is 1. The fraction of sp³-hybridized carbons (Fsp3) is 0.684. The summed E-state index contributed by atoms with van der Waals surface area (Å²) in [5, 5.41) is 3.55. The lowest BCUT2D eigenvalue weighted by Gasteiger charge is -2.25. The Morgan fingerprint density at radius 3 is 2.52 bits per heavy atom. The van der Waals surface area contributed by atoms with Crippen LogP contribution in [0.1, 0.15) is 50.7 Å². The van der Waals surface area contributed by atoms with E-state index in [9.17, 15) is 0 Å². The molecule has 3 rings (SSSR count). The fourth-order valence-electron chi connectivity index (χ4n) is 2.98. The molecule has 2 nitrogen and oxygen atoms in total. The zero-order valence-electron chi connectivity index (χ0n) is 13.9. The molecule has 0 saturated heterocycles. The molecule has 0 spiro atoms. The average molecular weight is 286 g/mol. The van der Waals surface area contributed by atoms with Crippen LogP contribution in [-0.4, -0.2) is 19.1 Å². The Bertz CT molecular complexity index is 472. The van der Waals surface area contributed by atoms with Crippen LogP contribution in [0.4, 0.5) is 5.69 Å². The minimum absolute atomic E-state index is 0.716. The lowest BCUT2D eigenvalue weighted by molar-refractivity contribution is 0.551. The maximum Gasteiger partial charge on any atom is 0.0371 e. The van der Waals surface area contributed by atoms with Crippen molar-refractivity contribution in [2.24, 2.45) is 11.8 Å². The molecule has 0 heterocycles. The minimum atomic E-state index is 0.716. The molecule has 116 valence electrons. The SMILES string of the molecule is Cc1cc(N(CC2CC2)C2CC2)ccc1CNCC(C)C. The van der Waals surface area contributed by atoms with Crippen molar-refractivity contribution in [3.8, 4) is 0 Å². The summed E-state index contributed by atoms with van der Waals surface area (Å²) in [6.07, 6.45) is 5.67. The van der Waals surface area contributed by atoms with E-state index in [1.54, 1.807) is 0 Å². The third-order valence-corrected chi connectivity index (χ3v) is 4.67. The molecule has 0 radical (unpaired) electrons. The van der Waals surface area contributed by atoms with Gasteiger partial charge in [0.1, 0.15) is 0 Å². The van der Waals surface area contributed by atoms with E-state index < -0.39 is 0 Å². The number of nitrogens with one attached hydrogen (secondary N) is 1. The van der Waals surface area contributed by atoms with Crippen LogP contribution in [0.25, 0.3) is 0 Å². The summed E-state index contributed by atoms with van der Waals surface area (Å²) >= 11 is 0. The van der Waals surface area contributed by atoms with Gasteiger partial charge in [0.25, 0.3) is 0 Å². The monoisotopic (exact) mass is 286 g/mol. The molecule has 2 aliphatic carbocycles. The highest BCUT2D eigenvalue weighted by atomic mass is 15.2. The minimum Gasteiger partial charge on any atom is -0.368 e. The van der Waals surface area contributed by atoms with E-state index in [1.165, 1.54) is 49.0 Å². The Morgan fingerprint density at radius 1 is 1.19 bits per heavy atom. The zero-order chi connectivity index (χ0) is 14.8. The van der Waals surface area contributed by atoms with Crippen molar-refractivity contribution in [2.75, 3.05) is 18.0 Å². The van der Waals surface area contributed by atoms with Crippen LogP contribution in [0.15, 0.2) is 18.2 Å². The molecule has 0 amide bonds. The lowest BCUT2D eigenvalue weighted by Crippen LogP contribution is -2.28. The predicted octanol–water partition coefficient (Wildman–Crippen LogP) is 4.12. The van der Waals surface area contributed by atoms with Crippen LogP contribution < -0.4 is 10.2 Å². The highest BCUT2D eigenvalue weighted by Gasteiger charge is 2.33. The van der Waals surface area contributed by atoms with Crippen molar-refractivity contribution < 1.29 is 0 Å². The molecule has 2 saturated carbocycles. The molecular formula is C19H30N2. The maximum atomic E-state index is 3.55. The van der Waals surface area contributed by atoms with Crippen LogP contribution in [0.3, 0.4) is 0 Å². The molecule has 0 aliphatic heterocycles. The Morgan fingerprint density at radius 2 is 1.95 bits per heavy atom. The fourth-order valence-corrected chi connectivity index (χ4v) is 2.98. The number of benzene rings is 1. The van der Waals surface area contributed by atoms with Gasteiger partial charge >= 0.3 is 0 Å². The second-order valence-corrected chi connectivity index (χ2v) is 7.46. The maximum absolute atomic E-state index is 3.55. The number of rotatable bonds is 8. The molecule has 0 bridgehead atoms. The largest absolute Gasteiger partial charge is 0.368 e. The smallest absolute Gasteiger partial charge is 0.0371 e. The van der Waals surface area contributed by atoms with Crippen molar-refractivity contribution in [2.45, 2.75) is 59.0 Å². The molecule has 0 atom stereocenters. The van der Waals surface area contributed by atoms with E-state index in [0.717, 1.165) is 25.0 Å². The summed E-state index contributed by atoms with van der Waals surface area (Å²) in [5.74, 6) is 1.69. The molecule has 2 aliphatic rings. The number of anilines is 1.